The average molecular weight is 482 g/mol. The van der Waals surface area contributed by atoms with Gasteiger partial charge in [-0.2, -0.15) is 0 Å². The van der Waals surface area contributed by atoms with Gasteiger partial charge < -0.3 is 35.5 Å². The Bertz CT molecular complexity index is 1150. The number of benzene rings is 2. The third-order valence-corrected chi connectivity index (χ3v) is 6.42. The van der Waals surface area contributed by atoms with Gasteiger partial charge in [0.15, 0.2) is 0 Å². The molecule has 2 aromatic carbocycles. The van der Waals surface area contributed by atoms with Crippen molar-refractivity contribution in [3.8, 4) is 0 Å². The summed E-state index contributed by atoms with van der Waals surface area (Å²) in [6.45, 7) is 0. The summed E-state index contributed by atoms with van der Waals surface area (Å²) in [5.74, 6) is -11.9. The lowest BCUT2D eigenvalue weighted by atomic mass is 10.0. The Labute approximate surface area is 181 Å². The number of hydrogen-bond donors (Lipinski definition) is 7. The first-order chi connectivity index (χ1) is 15.1. The number of carboxylic acids is 6. The van der Waals surface area contributed by atoms with Gasteiger partial charge in [0.25, 0.3) is 7.37 Å². The summed E-state index contributed by atoms with van der Waals surface area (Å²) in [4.78, 5) is 80.1. The van der Waals surface area contributed by atoms with E-state index in [1.807, 2.05) is 0 Å². The number of hydrogen-bond acceptors (Lipinski definition) is 7. The third kappa shape index (κ3) is 4.42. The first-order valence-electron chi connectivity index (χ1n) is 8.21. The first kappa shape index (κ1) is 24.7. The molecule has 0 bridgehead atoms. The maximum Gasteiger partial charge on any atom is 0.336 e. The molecule has 7 N–H and O–H groups in total. The van der Waals surface area contributed by atoms with Crippen molar-refractivity contribution in [2.45, 2.75) is 0 Å². The number of rotatable bonds is 8. The van der Waals surface area contributed by atoms with Gasteiger partial charge in [-0.05, 0) is 24.3 Å². The maximum atomic E-state index is 13.5. The predicted molar refractivity (Wildman–Crippen MR) is 104 cm³/mol. The maximum absolute atomic E-state index is 13.5. The van der Waals surface area contributed by atoms with E-state index in [4.69, 9.17) is 10.2 Å². The summed E-state index contributed by atoms with van der Waals surface area (Å²) in [7, 11) is -5.77. The Morgan fingerprint density at radius 2 is 0.697 bits per heavy atom. The van der Waals surface area contributed by atoms with Gasteiger partial charge in [0, 0.05) is 0 Å². The van der Waals surface area contributed by atoms with Crippen molar-refractivity contribution in [3.63, 3.8) is 0 Å². The van der Waals surface area contributed by atoms with Crippen LogP contribution in [0.4, 0.5) is 0 Å². The molecule has 0 saturated carbocycles. The van der Waals surface area contributed by atoms with E-state index in [1.54, 1.807) is 0 Å². The summed E-state index contributed by atoms with van der Waals surface area (Å²) < 4.78 is 13.5. The Morgan fingerprint density at radius 3 is 0.848 bits per heavy atom. The van der Waals surface area contributed by atoms with Crippen LogP contribution >= 0.6 is 7.37 Å². The molecule has 2 rings (SSSR count). The molecule has 33 heavy (non-hydrogen) atoms. The van der Waals surface area contributed by atoms with Crippen LogP contribution in [0.15, 0.2) is 24.3 Å². The minimum atomic E-state index is -5.77. The van der Waals surface area contributed by atoms with Gasteiger partial charge in [-0.25, -0.2) is 28.8 Å². The molecule has 0 aliphatic heterocycles. The second-order valence-electron chi connectivity index (χ2n) is 6.25. The Balaban J connectivity index is 3.18. The quantitative estimate of drug-likeness (QED) is 0.246. The highest BCUT2D eigenvalue weighted by Crippen LogP contribution is 2.44. The van der Waals surface area contributed by atoms with Crippen LogP contribution in [0.3, 0.4) is 0 Å². The monoisotopic (exact) mass is 482 g/mol. The van der Waals surface area contributed by atoms with E-state index in [0.717, 1.165) is 0 Å². The molecule has 0 aromatic heterocycles. The molecule has 0 aliphatic carbocycles. The molecule has 14 nitrogen and oxygen atoms in total. The van der Waals surface area contributed by atoms with E-state index in [0.29, 0.717) is 24.3 Å². The Morgan fingerprint density at radius 1 is 0.485 bits per heavy atom. The zero-order valence-electron chi connectivity index (χ0n) is 15.7. The molecule has 0 radical (unpaired) electrons. The smallest absolute Gasteiger partial charge is 0.336 e. The Kier molecular flexibility index (Phi) is 6.39. The normalized spacial score (nSPS) is 10.9. The number of carboxylic acid groups (broad SMARTS) is 6. The number of aromatic carboxylic acids is 6. The van der Waals surface area contributed by atoms with Gasteiger partial charge in [-0.1, -0.05) is 0 Å². The lowest BCUT2D eigenvalue weighted by molar-refractivity contribution is 0.0669. The molecule has 2 aromatic rings. The molecule has 0 aliphatic rings. The Hall–Kier alpha value is -4.55. The minimum Gasteiger partial charge on any atom is -0.478 e. The summed E-state index contributed by atoms with van der Waals surface area (Å²) in [6.07, 6.45) is 0. The summed E-state index contributed by atoms with van der Waals surface area (Å²) in [5, 5.41) is 53.0. The fraction of sp³-hybridized carbons (Fsp3) is 0. The molecule has 0 fully saturated rings. The predicted octanol–water partition coefficient (Wildman–Crippen LogP) is 0.0970. The molecule has 172 valence electrons. The second-order valence-corrected chi connectivity index (χ2v) is 8.29. The zero-order chi connectivity index (χ0) is 25.4. The van der Waals surface area contributed by atoms with Crippen LogP contribution in [-0.2, 0) is 4.57 Å². The molecular formula is C18H11O14P. The van der Waals surface area contributed by atoms with Gasteiger partial charge in [0.1, 0.15) is 0 Å². The highest BCUT2D eigenvalue weighted by Gasteiger charge is 2.41. The third-order valence-electron chi connectivity index (χ3n) is 4.24. The molecule has 0 amide bonds. The van der Waals surface area contributed by atoms with Crippen molar-refractivity contribution < 1.29 is 68.9 Å². The average Bonchev–Trinajstić information content (AvgIpc) is 2.71. The minimum absolute atomic E-state index is 0.335. The highest BCUT2D eigenvalue weighted by molar-refractivity contribution is 7.74. The van der Waals surface area contributed by atoms with Crippen molar-refractivity contribution in [1.29, 1.82) is 0 Å². The van der Waals surface area contributed by atoms with Crippen molar-refractivity contribution in [1.82, 2.24) is 0 Å². The molecule has 0 saturated heterocycles. The van der Waals surface area contributed by atoms with Gasteiger partial charge in [-0.15, -0.1) is 0 Å². The van der Waals surface area contributed by atoms with E-state index < -0.39 is 87.2 Å². The van der Waals surface area contributed by atoms with Crippen LogP contribution in [0.5, 0.6) is 0 Å². The standard InChI is InChI=1S/C18H11O14P/c19-13(20)5-1-7(15(23)24)11(8(2-5)16(25)26)33(31,32)12-9(17(27)28)3-6(14(21)22)4-10(12)18(29)30/h1-4H,(H,19,20)(H,21,22)(H,23,24)(H,25,26)(H,27,28)(H,29,30)(H,31,32). The lowest BCUT2D eigenvalue weighted by Crippen LogP contribution is -2.33. The van der Waals surface area contributed by atoms with Gasteiger partial charge in [0.05, 0.1) is 44.0 Å². The fourth-order valence-corrected chi connectivity index (χ4v) is 5.10. The molecule has 0 unspecified atom stereocenters. The van der Waals surface area contributed by atoms with E-state index >= 15 is 0 Å². The van der Waals surface area contributed by atoms with Crippen LogP contribution in [0, 0.1) is 0 Å². The van der Waals surface area contributed by atoms with E-state index in [2.05, 4.69) is 0 Å². The molecule has 0 heterocycles. The van der Waals surface area contributed by atoms with Crippen molar-refractivity contribution in [3.05, 3.63) is 57.6 Å². The first-order valence-corrected chi connectivity index (χ1v) is 9.87. The van der Waals surface area contributed by atoms with Gasteiger partial charge >= 0.3 is 35.8 Å². The molecular weight excluding hydrogens is 471 g/mol. The van der Waals surface area contributed by atoms with Crippen LogP contribution < -0.4 is 10.6 Å². The second kappa shape index (κ2) is 8.53. The zero-order valence-corrected chi connectivity index (χ0v) is 16.6. The summed E-state index contributed by atoms with van der Waals surface area (Å²) in [6, 6.07) is 1.34. The van der Waals surface area contributed by atoms with Gasteiger partial charge in [0.2, 0.25) is 0 Å². The number of carbonyl (C=O) groups is 6. The molecule has 15 heteroatoms. The van der Waals surface area contributed by atoms with E-state index in [1.165, 1.54) is 0 Å². The highest BCUT2D eigenvalue weighted by atomic mass is 31.2. The van der Waals surface area contributed by atoms with Crippen LogP contribution in [0.25, 0.3) is 0 Å². The van der Waals surface area contributed by atoms with Crippen molar-refractivity contribution in [2.75, 3.05) is 0 Å². The molecule has 0 spiro atoms. The SMILES string of the molecule is O=C(O)c1cc(C(=O)O)c(P(=O)(O)c2c(C(=O)O)cc(C(=O)O)cc2C(=O)O)c(C(=O)O)c1. The van der Waals surface area contributed by atoms with Crippen molar-refractivity contribution >= 4 is 53.8 Å². The topological polar surface area (TPSA) is 261 Å². The van der Waals surface area contributed by atoms with E-state index in [9.17, 15) is 58.7 Å². The van der Waals surface area contributed by atoms with Crippen LogP contribution in [0.1, 0.15) is 62.1 Å². The lowest BCUT2D eigenvalue weighted by Gasteiger charge is -2.21. The van der Waals surface area contributed by atoms with Crippen LogP contribution in [0.2, 0.25) is 0 Å². The molecule has 0 atom stereocenters. The van der Waals surface area contributed by atoms with Gasteiger partial charge in [-0.3, -0.25) is 4.57 Å². The summed E-state index contributed by atoms with van der Waals surface area (Å²) >= 11 is 0. The van der Waals surface area contributed by atoms with Crippen LogP contribution in [-0.4, -0.2) is 71.3 Å². The summed E-state index contributed by atoms with van der Waals surface area (Å²) in [5.41, 5.74) is -7.12. The van der Waals surface area contributed by atoms with E-state index in [-0.39, 0.29) is 0 Å². The fourth-order valence-electron chi connectivity index (χ4n) is 2.93. The van der Waals surface area contributed by atoms with Crippen molar-refractivity contribution in [2.24, 2.45) is 0 Å². The largest absolute Gasteiger partial charge is 0.478 e.